The van der Waals surface area contributed by atoms with Crippen molar-refractivity contribution >= 4 is 34.8 Å². The smallest absolute Gasteiger partial charge is 0.251 e. The van der Waals surface area contributed by atoms with Crippen molar-refractivity contribution in [2.45, 2.75) is 19.0 Å². The van der Waals surface area contributed by atoms with Crippen LogP contribution < -0.4 is 10.2 Å². The number of hydrogen-bond acceptors (Lipinski definition) is 5. The third-order valence-corrected chi connectivity index (χ3v) is 7.10. The van der Waals surface area contributed by atoms with E-state index in [1.54, 1.807) is 41.6 Å². The Hall–Kier alpha value is -4.20. The number of amides is 2. The average Bonchev–Trinajstić information content (AvgIpc) is 2.99. The van der Waals surface area contributed by atoms with E-state index in [4.69, 9.17) is 16.3 Å². The van der Waals surface area contributed by atoms with Crippen LogP contribution in [0.3, 0.4) is 0 Å². The third kappa shape index (κ3) is 7.05. The van der Waals surface area contributed by atoms with Gasteiger partial charge in [0.25, 0.3) is 5.91 Å². The van der Waals surface area contributed by atoms with Crippen LogP contribution in [0.15, 0.2) is 103 Å². The van der Waals surface area contributed by atoms with Gasteiger partial charge in [-0.3, -0.25) is 14.6 Å². The summed E-state index contributed by atoms with van der Waals surface area (Å²) in [5.74, 6) is -0.487. The van der Waals surface area contributed by atoms with Crippen LogP contribution >= 0.6 is 11.6 Å². The van der Waals surface area contributed by atoms with Crippen LogP contribution in [0.4, 0.5) is 11.4 Å². The number of morpholine rings is 1. The average molecular weight is 555 g/mol. The number of anilines is 2. The van der Waals surface area contributed by atoms with Gasteiger partial charge in [0.15, 0.2) is 0 Å². The SMILES string of the molecule is O=C(Nc1ccc(N2CCOCC2)cc1)C(c1ccc(Cl)cc1)N(Cc1cccnc1)C(=O)Cc1ccccc1. The topological polar surface area (TPSA) is 74.8 Å². The molecule has 0 aliphatic carbocycles. The van der Waals surface area contributed by atoms with Gasteiger partial charge in [-0.1, -0.05) is 60.1 Å². The Kier molecular flexibility index (Phi) is 9.06. The number of carbonyl (C=O) groups is 2. The lowest BCUT2D eigenvalue weighted by Crippen LogP contribution is -2.41. The molecule has 1 fully saturated rings. The van der Waals surface area contributed by atoms with Crippen LogP contribution in [-0.4, -0.2) is 48.0 Å². The Labute approximate surface area is 239 Å². The lowest BCUT2D eigenvalue weighted by Gasteiger charge is -2.32. The number of benzene rings is 3. The summed E-state index contributed by atoms with van der Waals surface area (Å²) in [6, 6.07) is 27.2. The Morgan fingerprint density at radius 2 is 1.60 bits per heavy atom. The van der Waals surface area contributed by atoms with Gasteiger partial charge in [-0.15, -0.1) is 0 Å². The van der Waals surface area contributed by atoms with Crippen LogP contribution in [-0.2, 0) is 27.3 Å². The molecule has 2 heterocycles. The first-order chi connectivity index (χ1) is 19.6. The summed E-state index contributed by atoms with van der Waals surface area (Å²) in [6.45, 7) is 3.28. The van der Waals surface area contributed by atoms with E-state index in [0.29, 0.717) is 29.5 Å². The van der Waals surface area contributed by atoms with Gasteiger partial charge >= 0.3 is 0 Å². The standard InChI is InChI=1S/C32H31ClN4O3/c33-27-10-8-26(9-11-27)31(32(39)35-28-12-14-29(15-13-28)36-17-19-40-20-18-36)37(23-25-7-4-16-34-22-25)30(38)21-24-5-2-1-3-6-24/h1-16,22,31H,17-21,23H2,(H,35,39). The molecular formula is C32H31ClN4O3. The third-order valence-electron chi connectivity index (χ3n) is 6.85. The van der Waals surface area contributed by atoms with Crippen LogP contribution in [0.25, 0.3) is 0 Å². The molecule has 1 aromatic heterocycles. The van der Waals surface area contributed by atoms with Gasteiger partial charge in [0.05, 0.1) is 19.6 Å². The van der Waals surface area contributed by atoms with Crippen LogP contribution in [0.1, 0.15) is 22.7 Å². The van der Waals surface area contributed by atoms with Crippen LogP contribution in [0.5, 0.6) is 0 Å². The van der Waals surface area contributed by atoms with E-state index in [-0.39, 0.29) is 24.8 Å². The number of rotatable bonds is 9. The highest BCUT2D eigenvalue weighted by atomic mass is 35.5. The zero-order valence-electron chi connectivity index (χ0n) is 22.1. The molecule has 0 radical (unpaired) electrons. The molecule has 7 nitrogen and oxygen atoms in total. The zero-order chi connectivity index (χ0) is 27.7. The van der Waals surface area contributed by atoms with Gasteiger partial charge in [-0.25, -0.2) is 0 Å². The summed E-state index contributed by atoms with van der Waals surface area (Å²) in [5.41, 5.74) is 4.09. The minimum absolute atomic E-state index is 0.159. The van der Waals surface area contributed by atoms with Crippen molar-refractivity contribution in [1.82, 2.24) is 9.88 Å². The highest BCUT2D eigenvalue weighted by Crippen LogP contribution is 2.28. The predicted octanol–water partition coefficient (Wildman–Crippen LogP) is 5.52. The molecule has 40 heavy (non-hydrogen) atoms. The van der Waals surface area contributed by atoms with Crippen molar-refractivity contribution in [3.05, 3.63) is 125 Å². The van der Waals surface area contributed by atoms with E-state index in [2.05, 4.69) is 15.2 Å². The summed E-state index contributed by atoms with van der Waals surface area (Å²) < 4.78 is 5.45. The van der Waals surface area contributed by atoms with Crippen molar-refractivity contribution in [1.29, 1.82) is 0 Å². The minimum atomic E-state index is -0.896. The monoisotopic (exact) mass is 554 g/mol. The molecule has 0 spiro atoms. The molecule has 1 unspecified atom stereocenters. The molecule has 8 heteroatoms. The summed E-state index contributed by atoms with van der Waals surface area (Å²) in [6.07, 6.45) is 3.56. The summed E-state index contributed by atoms with van der Waals surface area (Å²) >= 11 is 6.18. The first-order valence-electron chi connectivity index (χ1n) is 13.3. The van der Waals surface area contributed by atoms with Gasteiger partial charge in [0.2, 0.25) is 5.91 Å². The molecule has 1 aliphatic heterocycles. The van der Waals surface area contributed by atoms with Crippen molar-refractivity contribution in [3.63, 3.8) is 0 Å². The molecule has 3 aromatic carbocycles. The molecule has 5 rings (SSSR count). The number of halogens is 1. The Morgan fingerprint density at radius 3 is 2.27 bits per heavy atom. The van der Waals surface area contributed by atoms with E-state index < -0.39 is 6.04 Å². The van der Waals surface area contributed by atoms with Gasteiger partial charge < -0.3 is 19.9 Å². The van der Waals surface area contributed by atoms with Crippen molar-refractivity contribution in [2.24, 2.45) is 0 Å². The fourth-order valence-corrected chi connectivity index (χ4v) is 4.92. The second-order valence-corrected chi connectivity index (χ2v) is 10.1. The fourth-order valence-electron chi connectivity index (χ4n) is 4.79. The Bertz CT molecular complexity index is 1390. The molecule has 1 saturated heterocycles. The Balaban J connectivity index is 1.45. The number of aromatic nitrogens is 1. The lowest BCUT2D eigenvalue weighted by atomic mass is 10.0. The molecule has 4 aromatic rings. The largest absolute Gasteiger partial charge is 0.378 e. The lowest BCUT2D eigenvalue weighted by molar-refractivity contribution is -0.139. The first-order valence-corrected chi connectivity index (χ1v) is 13.7. The minimum Gasteiger partial charge on any atom is -0.378 e. The molecule has 2 amide bonds. The fraction of sp³-hybridized carbons (Fsp3) is 0.219. The molecule has 204 valence electrons. The number of carbonyl (C=O) groups excluding carboxylic acids is 2. The van der Waals surface area contributed by atoms with E-state index in [9.17, 15) is 9.59 Å². The highest BCUT2D eigenvalue weighted by Gasteiger charge is 2.32. The number of ether oxygens (including phenoxy) is 1. The predicted molar refractivity (Wildman–Crippen MR) is 157 cm³/mol. The number of hydrogen-bond donors (Lipinski definition) is 1. The van der Waals surface area contributed by atoms with Crippen molar-refractivity contribution in [3.8, 4) is 0 Å². The summed E-state index contributed by atoms with van der Waals surface area (Å²) in [4.78, 5) is 35.9. The number of nitrogens with zero attached hydrogens (tertiary/aromatic N) is 3. The van der Waals surface area contributed by atoms with Gasteiger partial charge in [-0.05, 0) is 59.2 Å². The molecule has 0 bridgehead atoms. The van der Waals surface area contributed by atoms with E-state index in [0.717, 1.165) is 29.9 Å². The zero-order valence-corrected chi connectivity index (χ0v) is 22.8. The molecular weight excluding hydrogens is 524 g/mol. The highest BCUT2D eigenvalue weighted by molar-refractivity contribution is 6.30. The maximum Gasteiger partial charge on any atom is 0.251 e. The maximum absolute atomic E-state index is 14.0. The van der Waals surface area contributed by atoms with Gasteiger partial charge in [0, 0.05) is 48.4 Å². The van der Waals surface area contributed by atoms with Crippen molar-refractivity contribution in [2.75, 3.05) is 36.5 Å². The van der Waals surface area contributed by atoms with E-state index in [1.165, 1.54) is 0 Å². The normalized spacial score (nSPS) is 13.9. The van der Waals surface area contributed by atoms with E-state index >= 15 is 0 Å². The Morgan fingerprint density at radius 1 is 0.900 bits per heavy atom. The van der Waals surface area contributed by atoms with Crippen LogP contribution in [0, 0.1) is 0 Å². The molecule has 1 atom stereocenters. The van der Waals surface area contributed by atoms with Gasteiger partial charge in [-0.2, -0.15) is 0 Å². The summed E-state index contributed by atoms with van der Waals surface area (Å²) in [7, 11) is 0. The first kappa shape index (κ1) is 27.4. The summed E-state index contributed by atoms with van der Waals surface area (Å²) in [5, 5.41) is 3.60. The van der Waals surface area contributed by atoms with E-state index in [1.807, 2.05) is 66.7 Å². The van der Waals surface area contributed by atoms with Crippen LogP contribution in [0.2, 0.25) is 5.02 Å². The van der Waals surface area contributed by atoms with Crippen molar-refractivity contribution < 1.29 is 14.3 Å². The molecule has 0 saturated carbocycles. The molecule has 1 N–H and O–H groups in total. The maximum atomic E-state index is 14.0. The number of nitrogens with one attached hydrogen (secondary N) is 1. The number of pyridine rings is 1. The van der Waals surface area contributed by atoms with Gasteiger partial charge in [0.1, 0.15) is 6.04 Å². The second-order valence-electron chi connectivity index (χ2n) is 9.63. The quantitative estimate of drug-likeness (QED) is 0.295. The molecule has 1 aliphatic rings. The second kappa shape index (κ2) is 13.2.